The lowest BCUT2D eigenvalue weighted by Crippen LogP contribution is -2.29. The van der Waals surface area contributed by atoms with E-state index in [1.807, 2.05) is 6.92 Å². The quantitative estimate of drug-likeness (QED) is 0.125. The van der Waals surface area contributed by atoms with Crippen LogP contribution in [0.2, 0.25) is 0 Å². The summed E-state index contributed by atoms with van der Waals surface area (Å²) in [5, 5.41) is 23.0. The summed E-state index contributed by atoms with van der Waals surface area (Å²) in [6.45, 7) is 1.91. The van der Waals surface area contributed by atoms with Crippen molar-refractivity contribution in [3.8, 4) is 5.75 Å². The molecular weight excluding hydrogens is 513 g/mol. The molecule has 1 fully saturated rings. The van der Waals surface area contributed by atoms with Gasteiger partial charge in [-0.25, -0.2) is 9.37 Å². The first-order valence-electron chi connectivity index (χ1n) is 11.6. The van der Waals surface area contributed by atoms with E-state index in [0.717, 1.165) is 21.8 Å². The van der Waals surface area contributed by atoms with E-state index in [1.165, 1.54) is 42.5 Å². The van der Waals surface area contributed by atoms with Gasteiger partial charge < -0.3 is 9.84 Å². The standard InChI is InChI=1S/C27H18FN3O6S/c1-13-9-16-10-15(5-8-20(16)37-13)24(32)22-23(14-3-2-4-18(11-14)31(35)36)30(26(34)25(22)33)27-29-19-7-6-17(28)12-21(19)38-27/h2-8,10-13,23,32H,9H2,1H3/b24-22-. The minimum Gasteiger partial charge on any atom is -0.507 e. The van der Waals surface area contributed by atoms with E-state index in [-0.39, 0.29) is 28.1 Å². The second-order valence-electron chi connectivity index (χ2n) is 9.08. The number of nitrogens with zero attached hydrogens (tertiary/aromatic N) is 3. The van der Waals surface area contributed by atoms with Crippen LogP contribution in [0.5, 0.6) is 5.75 Å². The van der Waals surface area contributed by atoms with Crippen molar-refractivity contribution in [2.45, 2.75) is 25.5 Å². The number of carbonyl (C=O) groups excluding carboxylic acids is 2. The number of non-ortho nitro benzene ring substituents is 1. The van der Waals surface area contributed by atoms with Crippen LogP contribution in [-0.2, 0) is 16.0 Å². The van der Waals surface area contributed by atoms with Crippen LogP contribution in [0.4, 0.5) is 15.2 Å². The van der Waals surface area contributed by atoms with E-state index in [4.69, 9.17) is 4.74 Å². The second-order valence-corrected chi connectivity index (χ2v) is 10.1. The van der Waals surface area contributed by atoms with E-state index in [9.17, 15) is 29.2 Å². The molecule has 2 unspecified atom stereocenters. The smallest absolute Gasteiger partial charge is 0.301 e. The Hall–Kier alpha value is -4.64. The summed E-state index contributed by atoms with van der Waals surface area (Å²) in [7, 11) is 0. The minimum absolute atomic E-state index is 0.0401. The molecule has 0 radical (unpaired) electrons. The van der Waals surface area contributed by atoms with Gasteiger partial charge in [-0.15, -0.1) is 0 Å². The van der Waals surface area contributed by atoms with E-state index >= 15 is 0 Å². The number of halogens is 1. The monoisotopic (exact) mass is 531 g/mol. The highest BCUT2D eigenvalue weighted by atomic mass is 32.1. The third-order valence-corrected chi connectivity index (χ3v) is 7.57. The molecule has 0 spiro atoms. The lowest BCUT2D eigenvalue weighted by molar-refractivity contribution is -0.384. The summed E-state index contributed by atoms with van der Waals surface area (Å²) in [5.41, 5.74) is 1.33. The summed E-state index contributed by atoms with van der Waals surface area (Å²) in [5.74, 6) is -2.15. The highest BCUT2D eigenvalue weighted by molar-refractivity contribution is 7.22. The molecular formula is C27H18FN3O6S. The van der Waals surface area contributed by atoms with E-state index in [2.05, 4.69) is 4.98 Å². The number of nitro groups is 1. The Morgan fingerprint density at radius 1 is 1.18 bits per heavy atom. The maximum Gasteiger partial charge on any atom is 0.301 e. The number of hydrogen-bond donors (Lipinski definition) is 1. The number of aromatic nitrogens is 1. The Morgan fingerprint density at radius 2 is 2.00 bits per heavy atom. The van der Waals surface area contributed by atoms with Gasteiger partial charge in [0, 0.05) is 24.1 Å². The second kappa shape index (κ2) is 8.73. The van der Waals surface area contributed by atoms with Crippen molar-refractivity contribution in [1.29, 1.82) is 0 Å². The fourth-order valence-corrected chi connectivity index (χ4v) is 5.88. The zero-order valence-corrected chi connectivity index (χ0v) is 20.6. The van der Waals surface area contributed by atoms with Crippen molar-refractivity contribution in [1.82, 2.24) is 4.98 Å². The Morgan fingerprint density at radius 3 is 2.79 bits per heavy atom. The predicted molar refractivity (Wildman–Crippen MR) is 138 cm³/mol. The number of amides is 1. The van der Waals surface area contributed by atoms with Crippen molar-refractivity contribution in [2.75, 3.05) is 4.90 Å². The van der Waals surface area contributed by atoms with Crippen molar-refractivity contribution in [3.63, 3.8) is 0 Å². The number of aliphatic hydroxyl groups excluding tert-OH is 1. The molecule has 2 aliphatic heterocycles. The van der Waals surface area contributed by atoms with E-state index < -0.39 is 34.2 Å². The zero-order chi connectivity index (χ0) is 26.7. The lowest BCUT2D eigenvalue weighted by atomic mass is 9.94. The van der Waals surface area contributed by atoms with Gasteiger partial charge in [0.05, 0.1) is 26.8 Å². The first-order valence-corrected chi connectivity index (χ1v) is 12.4. The van der Waals surface area contributed by atoms with Crippen LogP contribution in [0.3, 0.4) is 0 Å². The molecule has 2 aliphatic rings. The summed E-state index contributed by atoms with van der Waals surface area (Å²) < 4.78 is 20.0. The average molecular weight is 532 g/mol. The first kappa shape index (κ1) is 23.7. The summed E-state index contributed by atoms with van der Waals surface area (Å²) in [4.78, 5) is 43.3. The van der Waals surface area contributed by atoms with Gasteiger partial charge in [-0.2, -0.15) is 0 Å². The van der Waals surface area contributed by atoms with Crippen molar-refractivity contribution < 1.29 is 28.7 Å². The number of rotatable bonds is 4. The topological polar surface area (TPSA) is 123 Å². The number of aliphatic hydroxyl groups is 1. The van der Waals surface area contributed by atoms with Crippen molar-refractivity contribution in [3.05, 3.63) is 98.9 Å². The number of thiazole rings is 1. The van der Waals surface area contributed by atoms with Crippen LogP contribution in [0, 0.1) is 15.9 Å². The summed E-state index contributed by atoms with van der Waals surface area (Å²) in [6, 6.07) is 13.2. The Balaban J connectivity index is 1.56. The van der Waals surface area contributed by atoms with Gasteiger partial charge in [-0.1, -0.05) is 23.5 Å². The van der Waals surface area contributed by atoms with Crippen LogP contribution in [0.25, 0.3) is 16.0 Å². The number of fused-ring (bicyclic) bond motifs is 2. The van der Waals surface area contributed by atoms with Crippen LogP contribution < -0.4 is 9.64 Å². The number of ketones is 1. The Labute approximate surface area is 218 Å². The summed E-state index contributed by atoms with van der Waals surface area (Å²) >= 11 is 0.997. The molecule has 2 atom stereocenters. The Kier molecular flexibility index (Phi) is 5.46. The van der Waals surface area contributed by atoms with Gasteiger partial charge in [-0.3, -0.25) is 24.6 Å². The molecule has 190 valence electrons. The molecule has 0 aliphatic carbocycles. The third-order valence-electron chi connectivity index (χ3n) is 6.56. The van der Waals surface area contributed by atoms with Gasteiger partial charge in [0.25, 0.3) is 11.5 Å². The highest BCUT2D eigenvalue weighted by Gasteiger charge is 2.48. The molecule has 1 N–H and O–H groups in total. The van der Waals surface area contributed by atoms with Crippen LogP contribution in [0.1, 0.15) is 29.7 Å². The Bertz CT molecular complexity index is 1710. The number of hydrogen-bond acceptors (Lipinski definition) is 8. The largest absolute Gasteiger partial charge is 0.507 e. The normalized spacial score (nSPS) is 20.1. The minimum atomic E-state index is -1.20. The van der Waals surface area contributed by atoms with Gasteiger partial charge in [-0.05, 0) is 54.4 Å². The number of Topliss-reactive ketones (excluding diaryl/α,β-unsaturated/α-hetero) is 1. The van der Waals surface area contributed by atoms with Crippen LogP contribution in [0.15, 0.2) is 66.2 Å². The van der Waals surface area contributed by atoms with Gasteiger partial charge in [0.1, 0.15) is 23.4 Å². The molecule has 9 nitrogen and oxygen atoms in total. The maximum atomic E-state index is 13.8. The molecule has 0 bridgehead atoms. The maximum absolute atomic E-state index is 13.8. The van der Waals surface area contributed by atoms with E-state index in [1.54, 1.807) is 18.2 Å². The molecule has 1 saturated heterocycles. The van der Waals surface area contributed by atoms with Gasteiger partial charge in [0.2, 0.25) is 0 Å². The fraction of sp³-hybridized carbons (Fsp3) is 0.148. The van der Waals surface area contributed by atoms with Gasteiger partial charge >= 0.3 is 5.91 Å². The van der Waals surface area contributed by atoms with Crippen LogP contribution in [-0.4, -0.2) is 32.8 Å². The molecule has 38 heavy (non-hydrogen) atoms. The number of benzene rings is 3. The molecule has 1 aromatic heterocycles. The number of carbonyl (C=O) groups is 2. The third kappa shape index (κ3) is 3.79. The molecule has 6 rings (SSSR count). The predicted octanol–water partition coefficient (Wildman–Crippen LogP) is 5.29. The first-order chi connectivity index (χ1) is 18.2. The van der Waals surface area contributed by atoms with Crippen molar-refractivity contribution >= 4 is 49.8 Å². The zero-order valence-electron chi connectivity index (χ0n) is 19.8. The van der Waals surface area contributed by atoms with Crippen molar-refractivity contribution in [2.24, 2.45) is 0 Å². The fourth-order valence-electron chi connectivity index (χ4n) is 4.87. The van der Waals surface area contributed by atoms with Gasteiger partial charge in [0.15, 0.2) is 5.13 Å². The number of ether oxygens (including phenoxy) is 1. The number of anilines is 1. The molecule has 3 heterocycles. The average Bonchev–Trinajstić information content (AvgIpc) is 3.55. The summed E-state index contributed by atoms with van der Waals surface area (Å²) in [6.07, 6.45) is 0.572. The molecule has 11 heteroatoms. The molecule has 3 aromatic carbocycles. The van der Waals surface area contributed by atoms with Crippen LogP contribution >= 0.6 is 11.3 Å². The molecule has 1 amide bonds. The highest BCUT2D eigenvalue weighted by Crippen LogP contribution is 2.45. The lowest BCUT2D eigenvalue weighted by Gasteiger charge is -2.22. The molecule has 4 aromatic rings. The number of nitro benzene ring substituents is 1. The molecule has 0 saturated carbocycles. The van der Waals surface area contributed by atoms with E-state index in [0.29, 0.717) is 28.0 Å². The SMILES string of the molecule is CC1Cc2cc(/C(O)=C3/C(=O)C(=O)N(c4nc5ccc(F)cc5s4)C3c3cccc([N+](=O)[O-])c3)ccc2O1.